The maximum absolute atomic E-state index is 5.51. The van der Waals surface area contributed by atoms with Crippen LogP contribution in [0.4, 0.5) is 0 Å². The molecule has 1 fully saturated rings. The molecule has 0 saturated carbocycles. The predicted molar refractivity (Wildman–Crippen MR) is 138 cm³/mol. The molecule has 0 aromatic carbocycles. The van der Waals surface area contributed by atoms with E-state index in [9.17, 15) is 0 Å². The quantitative estimate of drug-likeness (QED) is 0.190. The fourth-order valence-electron chi connectivity index (χ4n) is 3.47. The highest BCUT2D eigenvalue weighted by molar-refractivity contribution is 14.0. The van der Waals surface area contributed by atoms with Gasteiger partial charge in [-0.25, -0.2) is 9.98 Å². The highest BCUT2D eigenvalue weighted by atomic mass is 127. The average Bonchev–Trinajstić information content (AvgIpc) is 3.48. The molecular formula is C22H34IN5O2S. The number of halogens is 1. The number of rotatable bonds is 11. The zero-order chi connectivity index (χ0) is 21.0. The van der Waals surface area contributed by atoms with E-state index in [0.717, 1.165) is 24.6 Å². The monoisotopic (exact) mass is 559 g/mol. The second-order valence-electron chi connectivity index (χ2n) is 7.20. The number of methoxy groups -OCH3 is 1. The van der Waals surface area contributed by atoms with E-state index in [1.54, 1.807) is 7.11 Å². The van der Waals surface area contributed by atoms with Gasteiger partial charge in [-0.15, -0.1) is 35.3 Å². The molecule has 0 aliphatic carbocycles. The molecule has 1 atom stereocenters. The van der Waals surface area contributed by atoms with Gasteiger partial charge in [-0.2, -0.15) is 0 Å². The minimum atomic E-state index is 0. The van der Waals surface area contributed by atoms with Crippen molar-refractivity contribution in [2.75, 3.05) is 46.5 Å². The largest absolute Gasteiger partial charge is 0.475 e. The van der Waals surface area contributed by atoms with Crippen LogP contribution in [-0.4, -0.2) is 62.3 Å². The van der Waals surface area contributed by atoms with Crippen LogP contribution in [0.15, 0.2) is 40.8 Å². The molecule has 0 spiro atoms. The standard InChI is InChI=1S/C22H33N5O2S.HI/c1-3-23-22(25-16-18-8-9-21(24-15-18)29-13-12-28-2)26-17-19(20-7-6-14-30-20)27-10-4-5-11-27;/h6-9,14-15,19H,3-5,10-13,16-17H2,1-2H3,(H2,23,25,26);1H. The van der Waals surface area contributed by atoms with E-state index < -0.39 is 0 Å². The Morgan fingerprint density at radius 1 is 1.23 bits per heavy atom. The first-order chi connectivity index (χ1) is 14.8. The highest BCUT2D eigenvalue weighted by Gasteiger charge is 2.24. The van der Waals surface area contributed by atoms with Crippen LogP contribution in [-0.2, 0) is 11.3 Å². The van der Waals surface area contributed by atoms with Crippen LogP contribution in [0, 0.1) is 0 Å². The number of likely N-dealkylation sites (tertiary alicyclic amines) is 1. The number of hydrogen-bond acceptors (Lipinski definition) is 6. The topological polar surface area (TPSA) is 71.0 Å². The molecule has 7 nitrogen and oxygen atoms in total. The van der Waals surface area contributed by atoms with Crippen LogP contribution in [0.2, 0.25) is 0 Å². The summed E-state index contributed by atoms with van der Waals surface area (Å²) in [6, 6.07) is 8.64. The number of thiophene rings is 1. The third-order valence-corrected chi connectivity index (χ3v) is 5.99. The molecule has 1 saturated heterocycles. The molecular weight excluding hydrogens is 525 g/mol. The summed E-state index contributed by atoms with van der Waals surface area (Å²) in [5.74, 6) is 1.44. The molecule has 2 N–H and O–H groups in total. The minimum absolute atomic E-state index is 0. The van der Waals surface area contributed by atoms with Gasteiger partial charge in [0.2, 0.25) is 5.88 Å². The molecule has 31 heavy (non-hydrogen) atoms. The molecule has 0 amide bonds. The smallest absolute Gasteiger partial charge is 0.213 e. The van der Waals surface area contributed by atoms with E-state index in [1.165, 1.54) is 30.8 Å². The Labute approximate surface area is 206 Å². The van der Waals surface area contributed by atoms with Gasteiger partial charge >= 0.3 is 0 Å². The van der Waals surface area contributed by atoms with Gasteiger partial charge in [-0.1, -0.05) is 12.1 Å². The van der Waals surface area contributed by atoms with Crippen LogP contribution in [0.3, 0.4) is 0 Å². The van der Waals surface area contributed by atoms with Gasteiger partial charge in [-0.05, 0) is 49.9 Å². The fraction of sp³-hybridized carbons (Fsp3) is 0.545. The molecule has 172 valence electrons. The number of aliphatic imine (C=N–C) groups is 1. The average molecular weight is 560 g/mol. The Balaban J connectivity index is 0.00000341. The molecule has 1 aliphatic rings. The van der Waals surface area contributed by atoms with Gasteiger partial charge < -0.3 is 20.1 Å². The maximum atomic E-state index is 5.51. The Hall–Kier alpha value is -1.43. The number of pyridine rings is 1. The normalized spacial score (nSPS) is 15.4. The predicted octanol–water partition coefficient (Wildman–Crippen LogP) is 3.68. The zero-order valence-electron chi connectivity index (χ0n) is 18.4. The van der Waals surface area contributed by atoms with E-state index in [-0.39, 0.29) is 24.0 Å². The van der Waals surface area contributed by atoms with Crippen LogP contribution in [0.25, 0.3) is 0 Å². The van der Waals surface area contributed by atoms with Crippen LogP contribution < -0.4 is 15.4 Å². The van der Waals surface area contributed by atoms with Crippen molar-refractivity contribution in [3.8, 4) is 5.88 Å². The molecule has 2 aromatic heterocycles. The first-order valence-electron chi connectivity index (χ1n) is 10.7. The van der Waals surface area contributed by atoms with Gasteiger partial charge in [0.05, 0.1) is 19.2 Å². The molecule has 0 radical (unpaired) electrons. The SMILES string of the molecule is CCNC(=NCc1ccc(OCCOC)nc1)NCC(c1cccs1)N1CCCC1.I. The summed E-state index contributed by atoms with van der Waals surface area (Å²) in [5.41, 5.74) is 1.04. The van der Waals surface area contributed by atoms with Crippen LogP contribution >= 0.6 is 35.3 Å². The summed E-state index contributed by atoms with van der Waals surface area (Å²) in [5, 5.41) is 9.06. The summed E-state index contributed by atoms with van der Waals surface area (Å²) in [6.45, 7) is 7.70. The Morgan fingerprint density at radius 3 is 2.71 bits per heavy atom. The van der Waals surface area contributed by atoms with E-state index in [0.29, 0.717) is 31.7 Å². The Kier molecular flexibility index (Phi) is 12.2. The van der Waals surface area contributed by atoms with Crippen LogP contribution in [0.1, 0.15) is 36.2 Å². The number of guanidine groups is 1. The van der Waals surface area contributed by atoms with Crippen molar-refractivity contribution in [3.05, 3.63) is 46.3 Å². The molecule has 9 heteroatoms. The van der Waals surface area contributed by atoms with Gasteiger partial charge in [0.1, 0.15) is 6.61 Å². The summed E-state index contributed by atoms with van der Waals surface area (Å²) in [7, 11) is 1.65. The molecule has 1 aliphatic heterocycles. The lowest BCUT2D eigenvalue weighted by molar-refractivity contribution is 0.143. The van der Waals surface area contributed by atoms with Crippen molar-refractivity contribution in [2.45, 2.75) is 32.4 Å². The molecule has 3 rings (SSSR count). The summed E-state index contributed by atoms with van der Waals surface area (Å²) in [4.78, 5) is 13.1. The number of hydrogen-bond donors (Lipinski definition) is 2. The first kappa shape index (κ1) is 25.8. The van der Waals surface area contributed by atoms with Crippen molar-refractivity contribution >= 4 is 41.3 Å². The number of aromatic nitrogens is 1. The molecule has 2 aromatic rings. The lowest BCUT2D eigenvalue weighted by Gasteiger charge is -2.27. The van der Waals surface area contributed by atoms with Crippen molar-refractivity contribution in [2.24, 2.45) is 4.99 Å². The zero-order valence-corrected chi connectivity index (χ0v) is 21.5. The summed E-state index contributed by atoms with van der Waals surface area (Å²) >= 11 is 1.83. The number of nitrogens with zero attached hydrogens (tertiary/aromatic N) is 3. The van der Waals surface area contributed by atoms with E-state index in [4.69, 9.17) is 14.5 Å². The van der Waals surface area contributed by atoms with Crippen LogP contribution in [0.5, 0.6) is 5.88 Å². The van der Waals surface area contributed by atoms with E-state index in [2.05, 4.69) is 45.0 Å². The van der Waals surface area contributed by atoms with Gasteiger partial charge in [-0.3, -0.25) is 4.90 Å². The number of nitrogens with one attached hydrogen (secondary N) is 2. The summed E-state index contributed by atoms with van der Waals surface area (Å²) in [6.07, 6.45) is 4.39. The fourth-order valence-corrected chi connectivity index (χ4v) is 4.33. The maximum Gasteiger partial charge on any atom is 0.213 e. The van der Waals surface area contributed by atoms with Crippen molar-refractivity contribution in [3.63, 3.8) is 0 Å². The van der Waals surface area contributed by atoms with Crippen molar-refractivity contribution < 1.29 is 9.47 Å². The Morgan fingerprint density at radius 2 is 2.06 bits per heavy atom. The lowest BCUT2D eigenvalue weighted by atomic mass is 10.2. The van der Waals surface area contributed by atoms with Gasteiger partial charge in [0.15, 0.2) is 5.96 Å². The van der Waals surface area contributed by atoms with Gasteiger partial charge in [0, 0.05) is 37.3 Å². The molecule has 0 bridgehead atoms. The number of ether oxygens (including phenoxy) is 2. The second kappa shape index (κ2) is 14.6. The van der Waals surface area contributed by atoms with E-state index in [1.807, 2.05) is 29.7 Å². The second-order valence-corrected chi connectivity index (χ2v) is 8.18. The third kappa shape index (κ3) is 8.55. The molecule has 1 unspecified atom stereocenters. The van der Waals surface area contributed by atoms with Crippen molar-refractivity contribution in [1.29, 1.82) is 0 Å². The Bertz CT molecular complexity index is 752. The third-order valence-electron chi connectivity index (χ3n) is 5.01. The van der Waals surface area contributed by atoms with Gasteiger partial charge in [0.25, 0.3) is 0 Å². The molecule has 3 heterocycles. The summed E-state index contributed by atoms with van der Waals surface area (Å²) < 4.78 is 10.5. The lowest BCUT2D eigenvalue weighted by Crippen LogP contribution is -2.42. The van der Waals surface area contributed by atoms with E-state index >= 15 is 0 Å². The minimum Gasteiger partial charge on any atom is -0.475 e. The van der Waals surface area contributed by atoms with Crippen molar-refractivity contribution in [1.82, 2.24) is 20.5 Å². The first-order valence-corrected chi connectivity index (χ1v) is 11.5. The highest BCUT2D eigenvalue weighted by Crippen LogP contribution is 2.27.